The fourth-order valence-corrected chi connectivity index (χ4v) is 5.11. The minimum atomic E-state index is -0.378. The van der Waals surface area contributed by atoms with Gasteiger partial charge in [0.2, 0.25) is 0 Å². The predicted molar refractivity (Wildman–Crippen MR) is 198 cm³/mol. The third-order valence-corrected chi connectivity index (χ3v) is 9.50. The van der Waals surface area contributed by atoms with Crippen molar-refractivity contribution in [3.63, 3.8) is 0 Å². The van der Waals surface area contributed by atoms with Crippen molar-refractivity contribution in [1.29, 1.82) is 0 Å². The maximum Gasteiger partial charge on any atom is 0.494 e. The zero-order chi connectivity index (χ0) is 28.9. The first kappa shape index (κ1) is 30.6. The van der Waals surface area contributed by atoms with Gasteiger partial charge in [0.15, 0.2) is 7.85 Å². The summed E-state index contributed by atoms with van der Waals surface area (Å²) in [5.41, 5.74) is 15.4. The highest BCUT2D eigenvalue weighted by molar-refractivity contribution is 6.69. The standard InChI is InChI=1S/C24H38B11NO2/c1-10(25)13(26)14(27)20(33)22(34)36(21-18(31)16(29)15(28)17(30)19(21)32)12-8-6-11(7-9-12)35-37-23(2,3)24(4,5)38-35/h6-9H,1,25-34H2,2-5H3/b14-13-,22-20-. The van der Waals surface area contributed by atoms with Crippen LogP contribution in [0.3, 0.4) is 0 Å². The second-order valence-electron chi connectivity index (χ2n) is 12.2. The van der Waals surface area contributed by atoms with Gasteiger partial charge in [0.25, 0.3) is 0 Å². The molecule has 2 aromatic rings. The molecule has 14 heteroatoms. The van der Waals surface area contributed by atoms with Crippen molar-refractivity contribution in [2.45, 2.75) is 38.9 Å². The molecule has 1 fully saturated rings. The fraction of sp³-hybridized carbons (Fsp3) is 0.250. The summed E-state index contributed by atoms with van der Waals surface area (Å²) in [5.74, 6) is 0. The summed E-state index contributed by atoms with van der Waals surface area (Å²) < 4.78 is 12.6. The average Bonchev–Trinajstić information content (AvgIpc) is 3.08. The molecule has 0 N–H and O–H groups in total. The van der Waals surface area contributed by atoms with E-state index >= 15 is 0 Å². The SMILES string of the molecule is BC(=C)/C(B)=C(B)\C(B)=C(/B)N(c1ccc(B2OC(C)(C)C(C)(C)O2)cc1)c1c(B)c(B)c(B)c(B)c1B. The largest absolute Gasteiger partial charge is 0.494 e. The summed E-state index contributed by atoms with van der Waals surface area (Å²) in [6, 6.07) is 8.69. The lowest BCUT2D eigenvalue weighted by Crippen LogP contribution is -2.56. The van der Waals surface area contributed by atoms with Crippen LogP contribution < -0.4 is 37.7 Å². The van der Waals surface area contributed by atoms with E-state index in [4.69, 9.17) is 9.31 Å². The summed E-state index contributed by atoms with van der Waals surface area (Å²) in [4.78, 5) is 2.43. The van der Waals surface area contributed by atoms with Crippen LogP contribution >= 0.6 is 0 Å². The number of nitrogens with zero attached hydrogens (tertiary/aromatic N) is 1. The molecule has 1 aliphatic heterocycles. The molecule has 1 saturated heterocycles. The van der Waals surface area contributed by atoms with Gasteiger partial charge in [0, 0.05) is 11.4 Å². The Morgan fingerprint density at radius 1 is 0.684 bits per heavy atom. The first-order valence-corrected chi connectivity index (χ1v) is 13.8. The van der Waals surface area contributed by atoms with E-state index < -0.39 is 0 Å². The number of rotatable bonds is 6. The van der Waals surface area contributed by atoms with Crippen LogP contribution in [0, 0.1) is 0 Å². The van der Waals surface area contributed by atoms with E-state index in [2.05, 4.69) is 142 Å². The summed E-state index contributed by atoms with van der Waals surface area (Å²) in [6.45, 7) is 12.6. The molecule has 184 valence electrons. The topological polar surface area (TPSA) is 21.7 Å². The van der Waals surface area contributed by atoms with E-state index in [9.17, 15) is 0 Å². The van der Waals surface area contributed by atoms with Crippen LogP contribution in [0.4, 0.5) is 11.4 Å². The molecule has 0 saturated carbocycles. The normalized spacial score (nSPS) is 17.5. The quantitative estimate of drug-likeness (QED) is 0.296. The Labute approximate surface area is 240 Å². The minimum Gasteiger partial charge on any atom is -0.399 e. The molecule has 0 aliphatic carbocycles. The van der Waals surface area contributed by atoms with Crippen molar-refractivity contribution in [2.75, 3.05) is 4.90 Å². The van der Waals surface area contributed by atoms with Crippen LogP contribution in [0.15, 0.2) is 58.3 Å². The number of hydrogen-bond acceptors (Lipinski definition) is 3. The van der Waals surface area contributed by atoms with E-state index in [1.54, 1.807) is 0 Å². The van der Waals surface area contributed by atoms with Crippen LogP contribution in [0.2, 0.25) is 0 Å². The molecule has 1 aliphatic rings. The zero-order valence-electron chi connectivity index (χ0n) is 26.4. The van der Waals surface area contributed by atoms with Crippen LogP contribution in [0.1, 0.15) is 27.7 Å². The molecule has 0 radical (unpaired) electrons. The van der Waals surface area contributed by atoms with Crippen molar-refractivity contribution >= 4 is 130 Å². The molecule has 1 heterocycles. The second-order valence-corrected chi connectivity index (χ2v) is 12.2. The van der Waals surface area contributed by atoms with Gasteiger partial charge in [-0.2, -0.15) is 0 Å². The Morgan fingerprint density at radius 3 is 1.53 bits per heavy atom. The Morgan fingerprint density at radius 2 is 1.11 bits per heavy atom. The monoisotopic (exact) mass is 493 g/mol. The highest BCUT2D eigenvalue weighted by atomic mass is 16.7. The van der Waals surface area contributed by atoms with Crippen LogP contribution in [0.25, 0.3) is 0 Å². The molecule has 0 atom stereocenters. The zero-order valence-corrected chi connectivity index (χ0v) is 26.4. The van der Waals surface area contributed by atoms with Crippen LogP contribution in [-0.4, -0.2) is 96.8 Å². The smallest absolute Gasteiger partial charge is 0.399 e. The van der Waals surface area contributed by atoms with Gasteiger partial charge in [-0.05, 0) is 50.9 Å². The van der Waals surface area contributed by atoms with E-state index in [-0.39, 0.29) is 18.3 Å². The van der Waals surface area contributed by atoms with Crippen molar-refractivity contribution in [3.05, 3.63) is 58.3 Å². The summed E-state index contributed by atoms with van der Waals surface area (Å²) in [7, 11) is 21.7. The first-order valence-electron chi connectivity index (χ1n) is 13.8. The molecule has 3 nitrogen and oxygen atoms in total. The van der Waals surface area contributed by atoms with Gasteiger partial charge in [-0.25, -0.2) is 0 Å². The van der Waals surface area contributed by atoms with Crippen LogP contribution in [0.5, 0.6) is 0 Å². The van der Waals surface area contributed by atoms with Crippen molar-refractivity contribution in [1.82, 2.24) is 0 Å². The van der Waals surface area contributed by atoms with Gasteiger partial charge >= 0.3 is 7.12 Å². The van der Waals surface area contributed by atoms with E-state index in [1.165, 1.54) is 55.0 Å². The number of anilines is 2. The van der Waals surface area contributed by atoms with E-state index in [0.717, 1.165) is 16.6 Å². The number of benzene rings is 2. The molecule has 0 bridgehead atoms. The average molecular weight is 492 g/mol. The van der Waals surface area contributed by atoms with Gasteiger partial charge in [0.1, 0.15) is 70.6 Å². The third-order valence-electron chi connectivity index (χ3n) is 9.50. The Hall–Kier alpha value is -1.91. The molecular formula is C24H38B11NO2. The summed E-state index contributed by atoms with van der Waals surface area (Å²) >= 11 is 0. The summed E-state index contributed by atoms with van der Waals surface area (Å²) in [6.07, 6.45) is 0. The Balaban J connectivity index is 2.23. The van der Waals surface area contributed by atoms with Gasteiger partial charge in [-0.15, -0.1) is 28.5 Å². The molecule has 2 aromatic carbocycles. The molecule has 38 heavy (non-hydrogen) atoms. The predicted octanol–water partition coefficient (Wildman–Crippen LogP) is -8.52. The molecule has 0 amide bonds. The van der Waals surface area contributed by atoms with Gasteiger partial charge in [-0.3, -0.25) is 0 Å². The van der Waals surface area contributed by atoms with Gasteiger partial charge in [-0.1, -0.05) is 39.5 Å². The number of hydrogen-bond donors (Lipinski definition) is 0. The van der Waals surface area contributed by atoms with Crippen molar-refractivity contribution in [2.24, 2.45) is 0 Å². The van der Waals surface area contributed by atoms with Crippen molar-refractivity contribution in [3.8, 4) is 0 Å². The Bertz CT molecular complexity index is 1310. The number of allylic oxidation sites excluding steroid dienone is 4. The lowest BCUT2D eigenvalue weighted by molar-refractivity contribution is 0.00578. The minimum absolute atomic E-state index is 0.366. The van der Waals surface area contributed by atoms with E-state index in [1.807, 2.05) is 0 Å². The van der Waals surface area contributed by atoms with Crippen LogP contribution in [-0.2, 0) is 9.31 Å². The molecule has 3 rings (SSSR count). The highest BCUT2D eigenvalue weighted by Crippen LogP contribution is 2.37. The summed E-state index contributed by atoms with van der Waals surface area (Å²) in [5, 5.41) is 0. The van der Waals surface area contributed by atoms with E-state index in [0.29, 0.717) is 0 Å². The lowest BCUT2D eigenvalue weighted by Gasteiger charge is -2.34. The lowest BCUT2D eigenvalue weighted by atomic mass is 9.61. The molecule has 0 unspecified atom stereocenters. The van der Waals surface area contributed by atoms with Gasteiger partial charge < -0.3 is 14.2 Å². The maximum absolute atomic E-state index is 6.32. The fourth-order valence-electron chi connectivity index (χ4n) is 5.11. The molecular weight excluding hydrogens is 453 g/mol. The first-order chi connectivity index (χ1) is 17.4. The van der Waals surface area contributed by atoms with Crippen molar-refractivity contribution < 1.29 is 9.31 Å². The Kier molecular flexibility index (Phi) is 8.81. The third kappa shape index (κ3) is 5.41. The second kappa shape index (κ2) is 10.9. The maximum atomic E-state index is 6.32. The van der Waals surface area contributed by atoms with Gasteiger partial charge in [0.05, 0.1) is 11.2 Å². The molecule has 0 aromatic heterocycles. The molecule has 0 spiro atoms. The highest BCUT2D eigenvalue weighted by Gasteiger charge is 2.51.